The van der Waals surface area contributed by atoms with Gasteiger partial charge in [0.2, 0.25) is 0 Å². The highest BCUT2D eigenvalue weighted by Crippen LogP contribution is 2.44. The summed E-state index contributed by atoms with van der Waals surface area (Å²) >= 11 is 0. The quantitative estimate of drug-likeness (QED) is 0.636. The molecule has 0 bridgehead atoms. The molecular weight excluding hydrogens is 380 g/mol. The molecule has 2 aromatic carbocycles. The van der Waals surface area contributed by atoms with Gasteiger partial charge in [-0.1, -0.05) is 54.6 Å². The number of carboxylic acids is 1. The molecule has 2 N–H and O–H groups in total. The molecule has 30 heavy (non-hydrogen) atoms. The average molecular weight is 402 g/mol. The van der Waals surface area contributed by atoms with Crippen LogP contribution in [0.1, 0.15) is 40.8 Å². The molecule has 6 heteroatoms. The maximum absolute atomic E-state index is 12.5. The minimum Gasteiger partial charge on any atom is -0.481 e. The van der Waals surface area contributed by atoms with Crippen LogP contribution < -0.4 is 5.32 Å². The van der Waals surface area contributed by atoms with Crippen molar-refractivity contribution in [1.82, 2.24) is 10.3 Å². The van der Waals surface area contributed by atoms with Crippen LogP contribution in [0.15, 0.2) is 66.9 Å². The molecule has 1 aliphatic carbocycles. The van der Waals surface area contributed by atoms with Crippen LogP contribution >= 0.6 is 0 Å². The van der Waals surface area contributed by atoms with Gasteiger partial charge in [-0.25, -0.2) is 4.79 Å². The molecule has 1 atom stereocenters. The van der Waals surface area contributed by atoms with E-state index < -0.39 is 18.1 Å². The third kappa shape index (κ3) is 4.03. The fourth-order valence-electron chi connectivity index (χ4n) is 3.89. The third-order valence-electron chi connectivity index (χ3n) is 5.35. The highest BCUT2D eigenvalue weighted by Gasteiger charge is 2.29. The van der Waals surface area contributed by atoms with Crippen molar-refractivity contribution in [3.63, 3.8) is 0 Å². The van der Waals surface area contributed by atoms with E-state index in [1.54, 1.807) is 18.3 Å². The number of pyridine rings is 1. The Morgan fingerprint density at radius 2 is 1.67 bits per heavy atom. The molecule has 4 rings (SSSR count). The van der Waals surface area contributed by atoms with Crippen LogP contribution in [-0.2, 0) is 9.53 Å². The molecule has 0 aliphatic heterocycles. The summed E-state index contributed by atoms with van der Waals surface area (Å²) in [5.41, 5.74) is 5.98. The van der Waals surface area contributed by atoms with E-state index in [-0.39, 0.29) is 18.9 Å². The first-order chi connectivity index (χ1) is 14.5. The van der Waals surface area contributed by atoms with E-state index in [0.29, 0.717) is 5.56 Å². The number of aryl methyl sites for hydroxylation is 1. The number of carbonyl (C=O) groups excluding carboxylic acids is 1. The molecule has 1 aliphatic rings. The number of benzene rings is 2. The highest BCUT2D eigenvalue weighted by molar-refractivity contribution is 5.79. The van der Waals surface area contributed by atoms with Gasteiger partial charge in [0.05, 0.1) is 12.5 Å². The van der Waals surface area contributed by atoms with Crippen LogP contribution in [0.25, 0.3) is 11.1 Å². The van der Waals surface area contributed by atoms with Gasteiger partial charge < -0.3 is 15.2 Å². The second-order valence-corrected chi connectivity index (χ2v) is 7.35. The molecular formula is C24H22N2O4. The van der Waals surface area contributed by atoms with Gasteiger partial charge in [0, 0.05) is 17.8 Å². The first-order valence-electron chi connectivity index (χ1n) is 9.79. The first kappa shape index (κ1) is 19.6. The standard InChI is InChI=1S/C24H22N2O4/c1-15-10-11-16(13-25-15)22(12-23(27)28)26-24(29)30-14-21-19-8-4-2-6-17(19)18-7-3-5-9-20(18)21/h2-11,13,21-22H,12,14H2,1H3,(H,26,29)(H,27,28)/t22-/m0/s1. The zero-order valence-electron chi connectivity index (χ0n) is 16.5. The van der Waals surface area contributed by atoms with Gasteiger partial charge in [-0.05, 0) is 40.8 Å². The monoisotopic (exact) mass is 402 g/mol. The molecule has 3 aromatic rings. The molecule has 152 valence electrons. The van der Waals surface area contributed by atoms with Gasteiger partial charge in [-0.3, -0.25) is 9.78 Å². The number of hydrogen-bond donors (Lipinski definition) is 2. The van der Waals surface area contributed by atoms with Crippen molar-refractivity contribution in [2.24, 2.45) is 0 Å². The topological polar surface area (TPSA) is 88.5 Å². The lowest BCUT2D eigenvalue weighted by atomic mass is 9.98. The van der Waals surface area contributed by atoms with E-state index in [1.807, 2.05) is 43.3 Å². The minimum atomic E-state index is -1.01. The third-order valence-corrected chi connectivity index (χ3v) is 5.35. The van der Waals surface area contributed by atoms with E-state index in [1.165, 1.54) is 0 Å². The second kappa shape index (κ2) is 8.37. The number of fused-ring (bicyclic) bond motifs is 3. The molecule has 1 aromatic heterocycles. The number of carboxylic acid groups (broad SMARTS) is 1. The summed E-state index contributed by atoms with van der Waals surface area (Å²) in [6.45, 7) is 2.01. The summed E-state index contributed by atoms with van der Waals surface area (Å²) in [7, 11) is 0. The van der Waals surface area contributed by atoms with Gasteiger partial charge in [0.1, 0.15) is 6.61 Å². The zero-order chi connectivity index (χ0) is 21.1. The molecule has 0 spiro atoms. The lowest BCUT2D eigenvalue weighted by molar-refractivity contribution is -0.137. The van der Waals surface area contributed by atoms with Crippen molar-refractivity contribution < 1.29 is 19.4 Å². The maximum Gasteiger partial charge on any atom is 0.407 e. The van der Waals surface area contributed by atoms with Crippen molar-refractivity contribution in [2.45, 2.75) is 25.3 Å². The van der Waals surface area contributed by atoms with Gasteiger partial charge in [0.25, 0.3) is 0 Å². The fourth-order valence-corrected chi connectivity index (χ4v) is 3.89. The van der Waals surface area contributed by atoms with E-state index in [9.17, 15) is 14.7 Å². The number of rotatable bonds is 6. The van der Waals surface area contributed by atoms with Crippen LogP contribution in [0.2, 0.25) is 0 Å². The van der Waals surface area contributed by atoms with Gasteiger partial charge in [0.15, 0.2) is 0 Å². The van der Waals surface area contributed by atoms with Crippen LogP contribution in [0.5, 0.6) is 0 Å². The summed E-state index contributed by atoms with van der Waals surface area (Å²) in [5, 5.41) is 11.9. The number of carbonyl (C=O) groups is 2. The maximum atomic E-state index is 12.5. The summed E-state index contributed by atoms with van der Waals surface area (Å²) < 4.78 is 5.53. The minimum absolute atomic E-state index is 0.0536. The van der Waals surface area contributed by atoms with Gasteiger partial charge in [-0.2, -0.15) is 0 Å². The lowest BCUT2D eigenvalue weighted by Gasteiger charge is -2.19. The predicted molar refractivity (Wildman–Crippen MR) is 112 cm³/mol. The Morgan fingerprint density at radius 1 is 1.03 bits per heavy atom. The Morgan fingerprint density at radius 3 is 2.23 bits per heavy atom. The Balaban J connectivity index is 1.47. The zero-order valence-corrected chi connectivity index (χ0v) is 16.5. The number of alkyl carbamates (subject to hydrolysis) is 1. The Hall–Kier alpha value is -3.67. The van der Waals surface area contributed by atoms with Gasteiger partial charge >= 0.3 is 12.1 Å². The van der Waals surface area contributed by atoms with Crippen LogP contribution in [0.4, 0.5) is 4.79 Å². The number of aliphatic carboxylic acids is 1. The number of nitrogens with zero attached hydrogens (tertiary/aromatic N) is 1. The lowest BCUT2D eigenvalue weighted by Crippen LogP contribution is -2.31. The summed E-state index contributed by atoms with van der Waals surface area (Å²) in [5.74, 6) is -1.07. The molecule has 0 radical (unpaired) electrons. The number of aromatic nitrogens is 1. The largest absolute Gasteiger partial charge is 0.481 e. The Kier molecular flexibility index (Phi) is 5.48. The normalized spacial score (nSPS) is 13.2. The first-order valence-corrected chi connectivity index (χ1v) is 9.79. The van der Waals surface area contributed by atoms with Crippen molar-refractivity contribution in [2.75, 3.05) is 6.61 Å². The number of hydrogen-bond acceptors (Lipinski definition) is 4. The molecule has 1 amide bonds. The smallest absolute Gasteiger partial charge is 0.407 e. The van der Waals surface area contributed by atoms with Crippen LogP contribution in [-0.4, -0.2) is 28.8 Å². The van der Waals surface area contributed by atoms with Crippen LogP contribution in [0, 0.1) is 6.92 Å². The Labute approximate surface area is 174 Å². The second-order valence-electron chi connectivity index (χ2n) is 7.35. The molecule has 0 unspecified atom stereocenters. The number of amides is 1. The van der Waals surface area contributed by atoms with E-state index in [4.69, 9.17) is 4.74 Å². The molecule has 0 saturated carbocycles. The number of nitrogens with one attached hydrogen (secondary N) is 1. The van der Waals surface area contributed by atoms with E-state index in [2.05, 4.69) is 22.4 Å². The molecule has 0 saturated heterocycles. The molecule has 0 fully saturated rings. The van der Waals surface area contributed by atoms with E-state index in [0.717, 1.165) is 27.9 Å². The summed E-state index contributed by atoms with van der Waals surface area (Å²) in [6, 6.07) is 19.0. The summed E-state index contributed by atoms with van der Waals surface area (Å²) in [4.78, 5) is 28.0. The number of ether oxygens (including phenoxy) is 1. The molecule has 6 nitrogen and oxygen atoms in total. The molecule has 1 heterocycles. The van der Waals surface area contributed by atoms with Gasteiger partial charge in [-0.15, -0.1) is 0 Å². The fraction of sp³-hybridized carbons (Fsp3) is 0.208. The van der Waals surface area contributed by atoms with E-state index >= 15 is 0 Å². The van der Waals surface area contributed by atoms with Crippen LogP contribution in [0.3, 0.4) is 0 Å². The van der Waals surface area contributed by atoms with Crippen molar-refractivity contribution >= 4 is 12.1 Å². The average Bonchev–Trinajstić information content (AvgIpc) is 3.06. The van der Waals surface area contributed by atoms with Crippen molar-refractivity contribution in [3.8, 4) is 11.1 Å². The SMILES string of the molecule is Cc1ccc([C@H](CC(=O)O)NC(=O)OCC2c3ccccc3-c3ccccc32)cn1. The van der Waals surface area contributed by atoms with Crippen molar-refractivity contribution in [3.05, 3.63) is 89.2 Å². The highest BCUT2D eigenvalue weighted by atomic mass is 16.5. The predicted octanol–water partition coefficient (Wildman–Crippen LogP) is 4.44. The van der Waals surface area contributed by atoms with Crippen molar-refractivity contribution in [1.29, 1.82) is 0 Å². The summed E-state index contributed by atoms with van der Waals surface area (Å²) in [6.07, 6.45) is 0.672. The Bertz CT molecular complexity index is 1030.